The molecule has 1 fully saturated rings. The lowest BCUT2D eigenvalue weighted by Gasteiger charge is -2.45. The zero-order valence-electron chi connectivity index (χ0n) is 14.9. The maximum absolute atomic E-state index is 12.7. The van der Waals surface area contributed by atoms with Gasteiger partial charge in [-0.3, -0.25) is 4.90 Å². The first-order chi connectivity index (χ1) is 11.9. The molecule has 0 N–H and O–H groups in total. The molecule has 1 saturated heterocycles. The summed E-state index contributed by atoms with van der Waals surface area (Å²) in [5.41, 5.74) is -4.68. The highest BCUT2D eigenvalue weighted by atomic mass is 32.2. The maximum atomic E-state index is 12.7. The van der Waals surface area contributed by atoms with E-state index >= 15 is 0 Å². The second kappa shape index (κ2) is 5.99. The van der Waals surface area contributed by atoms with E-state index in [0.29, 0.717) is 18.4 Å². The summed E-state index contributed by atoms with van der Waals surface area (Å²) in [7, 11) is -5.69. The smallest absolute Gasteiger partial charge is 0.376 e. The monoisotopic (exact) mass is 389 g/mol. The molecule has 0 amide bonds. The van der Waals surface area contributed by atoms with E-state index in [1.165, 1.54) is 0 Å². The molecule has 0 aromatic heterocycles. The molecule has 0 atom stereocenters. The molecule has 1 aromatic carbocycles. The summed E-state index contributed by atoms with van der Waals surface area (Å²) in [6.45, 7) is 7.90. The van der Waals surface area contributed by atoms with Gasteiger partial charge in [0.15, 0.2) is 0 Å². The molecule has 0 bridgehead atoms. The molecule has 8 heteroatoms. The quantitative estimate of drug-likeness (QED) is 0.566. The number of hydrogen-bond donors (Lipinski definition) is 0. The Balaban J connectivity index is 1.95. The fourth-order valence-electron chi connectivity index (χ4n) is 3.76. The molecule has 1 aliphatic carbocycles. The van der Waals surface area contributed by atoms with E-state index in [0.717, 1.165) is 18.7 Å². The van der Waals surface area contributed by atoms with Gasteiger partial charge in [-0.2, -0.15) is 21.6 Å². The topological polar surface area (TPSA) is 46.6 Å². The lowest BCUT2D eigenvalue weighted by Crippen LogP contribution is -2.49. The van der Waals surface area contributed by atoms with Crippen molar-refractivity contribution in [2.45, 2.75) is 50.1 Å². The Kier molecular flexibility index (Phi) is 4.43. The van der Waals surface area contributed by atoms with Gasteiger partial charge in [0.25, 0.3) is 0 Å². The van der Waals surface area contributed by atoms with Gasteiger partial charge in [0.05, 0.1) is 0 Å². The van der Waals surface area contributed by atoms with E-state index in [1.54, 1.807) is 18.2 Å². The van der Waals surface area contributed by atoms with Gasteiger partial charge in [-0.1, -0.05) is 24.3 Å². The van der Waals surface area contributed by atoms with E-state index < -0.39 is 21.0 Å². The minimum Gasteiger partial charge on any atom is -0.376 e. The van der Waals surface area contributed by atoms with Crippen molar-refractivity contribution in [1.29, 1.82) is 0 Å². The minimum atomic E-state index is -5.69. The maximum Gasteiger partial charge on any atom is 0.534 e. The first kappa shape index (κ1) is 19.2. The van der Waals surface area contributed by atoms with Crippen LogP contribution in [0.1, 0.15) is 44.7 Å². The lowest BCUT2D eigenvalue weighted by atomic mass is 9.74. The molecular formula is C18H22F3NO3S. The number of nitrogens with zero attached hydrogens (tertiary/aromatic N) is 1. The molecule has 0 unspecified atom stereocenters. The van der Waals surface area contributed by atoms with E-state index in [4.69, 9.17) is 0 Å². The van der Waals surface area contributed by atoms with Crippen LogP contribution < -0.4 is 0 Å². The van der Waals surface area contributed by atoms with Gasteiger partial charge in [0.2, 0.25) is 0 Å². The van der Waals surface area contributed by atoms with Gasteiger partial charge < -0.3 is 4.18 Å². The summed E-state index contributed by atoms with van der Waals surface area (Å²) in [5.74, 6) is -0.220. The van der Waals surface area contributed by atoms with Crippen molar-refractivity contribution in [3.63, 3.8) is 0 Å². The fourth-order valence-corrected chi connectivity index (χ4v) is 4.23. The number of likely N-dealkylation sites (tertiary alicyclic amines) is 1. The second-order valence-electron chi connectivity index (χ2n) is 7.85. The predicted octanol–water partition coefficient (Wildman–Crippen LogP) is 4.04. The molecule has 144 valence electrons. The molecule has 0 radical (unpaired) electrons. The van der Waals surface area contributed by atoms with Crippen LogP contribution in [0.25, 0.3) is 5.76 Å². The van der Waals surface area contributed by atoms with E-state index in [-0.39, 0.29) is 11.3 Å². The number of halogens is 3. The molecule has 3 rings (SSSR count). The Hall–Kier alpha value is -1.54. The highest BCUT2D eigenvalue weighted by Crippen LogP contribution is 2.49. The third-order valence-electron chi connectivity index (χ3n) is 5.22. The molecule has 1 aliphatic heterocycles. The van der Waals surface area contributed by atoms with Crippen molar-refractivity contribution in [1.82, 2.24) is 4.90 Å². The lowest BCUT2D eigenvalue weighted by molar-refractivity contribution is -0.0509. The zero-order valence-corrected chi connectivity index (χ0v) is 15.7. The molecule has 1 heterocycles. The van der Waals surface area contributed by atoms with Gasteiger partial charge in [-0.15, -0.1) is 0 Å². The average molecular weight is 389 g/mol. The number of alkyl halides is 3. The number of fused-ring (bicyclic) bond motifs is 2. The first-order valence-electron chi connectivity index (χ1n) is 8.44. The Labute approximate surface area is 151 Å². The highest BCUT2D eigenvalue weighted by Gasteiger charge is 2.51. The van der Waals surface area contributed by atoms with Gasteiger partial charge in [-0.25, -0.2) is 0 Å². The number of benzene rings is 1. The Morgan fingerprint density at radius 3 is 2.19 bits per heavy atom. The van der Waals surface area contributed by atoms with Crippen molar-refractivity contribution in [3.8, 4) is 0 Å². The molecule has 2 aliphatic rings. The van der Waals surface area contributed by atoms with Crippen LogP contribution in [0.5, 0.6) is 0 Å². The second-order valence-corrected chi connectivity index (χ2v) is 9.39. The summed E-state index contributed by atoms with van der Waals surface area (Å²) in [6.07, 6.45) is 2.96. The predicted molar refractivity (Wildman–Crippen MR) is 92.7 cm³/mol. The highest BCUT2D eigenvalue weighted by molar-refractivity contribution is 7.87. The Morgan fingerprint density at radius 1 is 1.08 bits per heavy atom. The standard InChI is InChI=1S/C18H22F3NO3S/c1-16(2,3)22-10-8-17(9-11-22)12-15(13-6-4-5-7-14(13)17)25-26(23,24)18(19,20)21/h4-7,12H,8-11H2,1-3H3. The molecule has 26 heavy (non-hydrogen) atoms. The first-order valence-corrected chi connectivity index (χ1v) is 9.85. The largest absolute Gasteiger partial charge is 0.534 e. The van der Waals surface area contributed by atoms with Crippen LogP contribution in [0.3, 0.4) is 0 Å². The SMILES string of the molecule is CC(C)(C)N1CCC2(C=C(OS(=O)(=O)C(F)(F)F)c3ccccc32)CC1. The molecule has 0 saturated carbocycles. The minimum absolute atomic E-state index is 0.00238. The van der Waals surface area contributed by atoms with Crippen molar-refractivity contribution in [2.24, 2.45) is 0 Å². The van der Waals surface area contributed by atoms with Crippen LogP contribution in [0.15, 0.2) is 30.3 Å². The molecular weight excluding hydrogens is 367 g/mol. The van der Waals surface area contributed by atoms with Crippen molar-refractivity contribution < 1.29 is 25.8 Å². The van der Waals surface area contributed by atoms with Crippen LogP contribution in [-0.4, -0.2) is 37.5 Å². The van der Waals surface area contributed by atoms with E-state index in [2.05, 4.69) is 29.9 Å². The Bertz CT molecular complexity index is 830. The summed E-state index contributed by atoms with van der Waals surface area (Å²) in [4.78, 5) is 2.32. The molecule has 1 aromatic rings. The summed E-state index contributed by atoms with van der Waals surface area (Å²) in [5, 5.41) is 0. The summed E-state index contributed by atoms with van der Waals surface area (Å²) in [6, 6.07) is 6.93. The van der Waals surface area contributed by atoms with Crippen LogP contribution >= 0.6 is 0 Å². The van der Waals surface area contributed by atoms with Gasteiger partial charge in [0.1, 0.15) is 5.76 Å². The Morgan fingerprint density at radius 2 is 1.65 bits per heavy atom. The van der Waals surface area contributed by atoms with Crippen LogP contribution in [0.2, 0.25) is 0 Å². The fraction of sp³-hybridized carbons (Fsp3) is 0.556. The average Bonchev–Trinajstić information content (AvgIpc) is 2.79. The summed E-state index contributed by atoms with van der Waals surface area (Å²) >= 11 is 0. The van der Waals surface area contributed by atoms with Gasteiger partial charge >= 0.3 is 15.6 Å². The van der Waals surface area contributed by atoms with Crippen LogP contribution in [0.4, 0.5) is 13.2 Å². The number of allylic oxidation sites excluding steroid dienone is 1. The summed E-state index contributed by atoms with van der Waals surface area (Å²) < 4.78 is 65.7. The van der Waals surface area contributed by atoms with Crippen molar-refractivity contribution in [2.75, 3.05) is 13.1 Å². The third kappa shape index (κ3) is 3.24. The van der Waals surface area contributed by atoms with E-state index in [9.17, 15) is 21.6 Å². The van der Waals surface area contributed by atoms with Crippen molar-refractivity contribution >= 4 is 15.9 Å². The van der Waals surface area contributed by atoms with Gasteiger partial charge in [-0.05, 0) is 58.3 Å². The van der Waals surface area contributed by atoms with E-state index in [1.807, 2.05) is 12.1 Å². The molecule has 4 nitrogen and oxygen atoms in total. The molecule has 1 spiro atoms. The number of rotatable bonds is 2. The normalized spacial score (nSPS) is 20.8. The van der Waals surface area contributed by atoms with Crippen LogP contribution in [0, 0.1) is 0 Å². The zero-order chi connectivity index (χ0) is 19.4. The number of piperidine rings is 1. The van der Waals surface area contributed by atoms with Crippen molar-refractivity contribution in [3.05, 3.63) is 41.5 Å². The van der Waals surface area contributed by atoms with Gasteiger partial charge in [0, 0.05) is 16.5 Å². The third-order valence-corrected chi connectivity index (χ3v) is 6.19. The number of hydrogen-bond acceptors (Lipinski definition) is 4. The van der Waals surface area contributed by atoms with Crippen LogP contribution in [-0.2, 0) is 19.7 Å².